The number of pyridine rings is 1. The quantitative estimate of drug-likeness (QED) is 0.923. The molecule has 0 saturated carbocycles. The number of ether oxygens (including phenoxy) is 1. The fourth-order valence-corrected chi connectivity index (χ4v) is 2.50. The predicted molar refractivity (Wildman–Crippen MR) is 72.6 cm³/mol. The summed E-state index contributed by atoms with van der Waals surface area (Å²) < 4.78 is 10.6. The zero-order valence-corrected chi connectivity index (χ0v) is 11.6. The lowest BCUT2D eigenvalue weighted by Crippen LogP contribution is -2.32. The first-order valence-electron chi connectivity index (χ1n) is 6.78. The van der Waals surface area contributed by atoms with Gasteiger partial charge in [-0.05, 0) is 32.8 Å². The molecule has 106 valence electrons. The summed E-state index contributed by atoms with van der Waals surface area (Å²) in [5.74, 6) is -0.137. The third kappa shape index (κ3) is 2.38. The molecule has 0 aliphatic carbocycles. The molecule has 0 spiro atoms. The number of nitrogens with zero attached hydrogens (tertiary/aromatic N) is 2. The van der Waals surface area contributed by atoms with Crippen LogP contribution in [0, 0.1) is 13.8 Å². The van der Waals surface area contributed by atoms with Crippen LogP contribution in [-0.4, -0.2) is 35.3 Å². The Morgan fingerprint density at radius 3 is 3.10 bits per heavy atom. The van der Waals surface area contributed by atoms with Gasteiger partial charge in [0.15, 0.2) is 0 Å². The molecule has 2 aromatic heterocycles. The molecule has 1 N–H and O–H groups in total. The largest absolute Gasteiger partial charge is 0.376 e. The lowest BCUT2D eigenvalue weighted by atomic mass is 10.1. The smallest absolute Gasteiger partial charge is 0.258 e. The molecule has 3 heterocycles. The Hall–Kier alpha value is -1.95. The van der Waals surface area contributed by atoms with Gasteiger partial charge in [0.2, 0.25) is 0 Å². The van der Waals surface area contributed by atoms with Crippen molar-refractivity contribution in [2.45, 2.75) is 32.8 Å². The Morgan fingerprint density at radius 2 is 2.35 bits per heavy atom. The van der Waals surface area contributed by atoms with Crippen LogP contribution in [0.2, 0.25) is 0 Å². The van der Waals surface area contributed by atoms with Crippen molar-refractivity contribution >= 4 is 17.0 Å². The van der Waals surface area contributed by atoms with Crippen molar-refractivity contribution in [2.75, 3.05) is 13.2 Å². The Balaban J connectivity index is 1.84. The highest BCUT2D eigenvalue weighted by atomic mass is 16.5. The average molecular weight is 275 g/mol. The Morgan fingerprint density at radius 1 is 1.50 bits per heavy atom. The number of carbonyl (C=O) groups excluding carboxylic acids is 1. The van der Waals surface area contributed by atoms with E-state index in [4.69, 9.17) is 9.26 Å². The monoisotopic (exact) mass is 275 g/mol. The minimum absolute atomic E-state index is 0.126. The van der Waals surface area contributed by atoms with Gasteiger partial charge in [-0.3, -0.25) is 4.79 Å². The van der Waals surface area contributed by atoms with E-state index in [1.165, 1.54) is 0 Å². The number of hydrogen-bond acceptors (Lipinski definition) is 5. The summed E-state index contributed by atoms with van der Waals surface area (Å²) in [5, 5.41) is 7.47. The van der Waals surface area contributed by atoms with Crippen LogP contribution in [0.15, 0.2) is 10.6 Å². The maximum absolute atomic E-state index is 12.4. The van der Waals surface area contributed by atoms with Crippen LogP contribution in [0.1, 0.15) is 34.6 Å². The minimum atomic E-state index is -0.137. The Labute approximate surface area is 116 Å². The van der Waals surface area contributed by atoms with Crippen molar-refractivity contribution in [1.29, 1.82) is 0 Å². The number of aromatic nitrogens is 2. The molecule has 0 aromatic carbocycles. The molecule has 1 aliphatic rings. The lowest BCUT2D eigenvalue weighted by molar-refractivity contribution is 0.0859. The van der Waals surface area contributed by atoms with E-state index < -0.39 is 0 Å². The summed E-state index contributed by atoms with van der Waals surface area (Å²) in [4.78, 5) is 16.6. The van der Waals surface area contributed by atoms with Gasteiger partial charge < -0.3 is 14.6 Å². The van der Waals surface area contributed by atoms with Crippen LogP contribution in [0.5, 0.6) is 0 Å². The van der Waals surface area contributed by atoms with Crippen LogP contribution in [0.4, 0.5) is 0 Å². The van der Waals surface area contributed by atoms with Crippen molar-refractivity contribution in [3.8, 4) is 0 Å². The highest BCUT2D eigenvalue weighted by molar-refractivity contribution is 6.06. The molecule has 3 rings (SSSR count). The number of amides is 1. The first-order valence-corrected chi connectivity index (χ1v) is 6.78. The summed E-state index contributed by atoms with van der Waals surface area (Å²) in [7, 11) is 0. The van der Waals surface area contributed by atoms with E-state index in [9.17, 15) is 4.79 Å². The van der Waals surface area contributed by atoms with Gasteiger partial charge in [0.1, 0.15) is 0 Å². The second-order valence-electron chi connectivity index (χ2n) is 5.10. The molecular weight excluding hydrogens is 258 g/mol. The summed E-state index contributed by atoms with van der Waals surface area (Å²) >= 11 is 0. The van der Waals surface area contributed by atoms with E-state index in [2.05, 4.69) is 15.5 Å². The lowest BCUT2D eigenvalue weighted by Gasteiger charge is -2.11. The fraction of sp³-hybridized carbons (Fsp3) is 0.500. The van der Waals surface area contributed by atoms with Crippen molar-refractivity contribution in [1.82, 2.24) is 15.5 Å². The zero-order valence-electron chi connectivity index (χ0n) is 11.6. The van der Waals surface area contributed by atoms with Crippen LogP contribution in [0.3, 0.4) is 0 Å². The number of hydrogen-bond donors (Lipinski definition) is 1. The Kier molecular flexibility index (Phi) is 3.40. The molecule has 2 aromatic rings. The summed E-state index contributed by atoms with van der Waals surface area (Å²) in [6, 6.07) is 1.76. The SMILES string of the molecule is Cc1cc(C(=O)NC[C@@H]2CCCO2)c2c(C)noc2n1. The van der Waals surface area contributed by atoms with E-state index in [1.54, 1.807) is 13.0 Å². The van der Waals surface area contributed by atoms with Gasteiger partial charge in [0, 0.05) is 18.8 Å². The first kappa shape index (κ1) is 13.1. The maximum atomic E-state index is 12.4. The molecule has 1 aliphatic heterocycles. The van der Waals surface area contributed by atoms with Gasteiger partial charge in [0.25, 0.3) is 11.6 Å². The van der Waals surface area contributed by atoms with Crippen molar-refractivity contribution in [3.05, 3.63) is 23.0 Å². The van der Waals surface area contributed by atoms with E-state index in [-0.39, 0.29) is 12.0 Å². The predicted octanol–water partition coefficient (Wildman–Crippen LogP) is 1.75. The van der Waals surface area contributed by atoms with Gasteiger partial charge in [-0.2, -0.15) is 0 Å². The molecule has 0 bridgehead atoms. The van der Waals surface area contributed by atoms with Crippen LogP contribution >= 0.6 is 0 Å². The highest BCUT2D eigenvalue weighted by Gasteiger charge is 2.20. The van der Waals surface area contributed by atoms with E-state index >= 15 is 0 Å². The minimum Gasteiger partial charge on any atom is -0.376 e. The van der Waals surface area contributed by atoms with Crippen molar-refractivity contribution < 1.29 is 14.1 Å². The maximum Gasteiger partial charge on any atom is 0.258 e. The average Bonchev–Trinajstić information content (AvgIpc) is 3.05. The third-order valence-corrected chi connectivity index (χ3v) is 3.50. The second-order valence-corrected chi connectivity index (χ2v) is 5.10. The summed E-state index contributed by atoms with van der Waals surface area (Å²) in [6.45, 7) is 4.95. The second kappa shape index (κ2) is 5.20. The molecule has 6 heteroatoms. The number of aryl methyl sites for hydroxylation is 2. The van der Waals surface area contributed by atoms with Crippen LogP contribution in [0.25, 0.3) is 11.1 Å². The summed E-state index contributed by atoms with van der Waals surface area (Å²) in [5.41, 5.74) is 2.37. The molecule has 1 saturated heterocycles. The van der Waals surface area contributed by atoms with Gasteiger partial charge >= 0.3 is 0 Å². The standard InChI is InChI=1S/C14H17N3O3/c1-8-6-11(12-9(2)17-20-14(12)16-8)13(18)15-7-10-4-3-5-19-10/h6,10H,3-5,7H2,1-2H3,(H,15,18)/t10-/m0/s1. The van der Waals surface area contributed by atoms with Gasteiger partial charge in [-0.1, -0.05) is 5.16 Å². The molecule has 1 atom stereocenters. The topological polar surface area (TPSA) is 77.2 Å². The molecule has 20 heavy (non-hydrogen) atoms. The number of carbonyl (C=O) groups is 1. The molecule has 6 nitrogen and oxygen atoms in total. The van der Waals surface area contributed by atoms with E-state index in [0.717, 1.165) is 25.1 Å². The number of nitrogens with one attached hydrogen (secondary N) is 1. The Bertz CT molecular complexity index is 644. The third-order valence-electron chi connectivity index (χ3n) is 3.50. The van der Waals surface area contributed by atoms with Gasteiger partial charge in [0.05, 0.1) is 22.7 Å². The van der Waals surface area contributed by atoms with Crippen LogP contribution < -0.4 is 5.32 Å². The molecule has 0 radical (unpaired) electrons. The van der Waals surface area contributed by atoms with Crippen molar-refractivity contribution in [2.24, 2.45) is 0 Å². The van der Waals surface area contributed by atoms with Crippen LogP contribution in [-0.2, 0) is 4.74 Å². The molecular formula is C14H17N3O3. The highest BCUT2D eigenvalue weighted by Crippen LogP contribution is 2.22. The molecule has 0 unspecified atom stereocenters. The number of rotatable bonds is 3. The molecule has 1 amide bonds. The van der Waals surface area contributed by atoms with Crippen molar-refractivity contribution in [3.63, 3.8) is 0 Å². The first-order chi connectivity index (χ1) is 9.65. The van der Waals surface area contributed by atoms with Gasteiger partial charge in [-0.15, -0.1) is 0 Å². The molecule has 1 fully saturated rings. The van der Waals surface area contributed by atoms with E-state index in [1.807, 2.05) is 6.92 Å². The van der Waals surface area contributed by atoms with Gasteiger partial charge in [-0.25, -0.2) is 4.98 Å². The zero-order chi connectivity index (χ0) is 14.1. The van der Waals surface area contributed by atoms with E-state index in [0.29, 0.717) is 28.9 Å². The summed E-state index contributed by atoms with van der Waals surface area (Å²) in [6.07, 6.45) is 2.18. The fourth-order valence-electron chi connectivity index (χ4n) is 2.50. The normalized spacial score (nSPS) is 18.6. The number of fused-ring (bicyclic) bond motifs is 1.